The number of ether oxygens (including phenoxy) is 4. The Morgan fingerprint density at radius 3 is 1.57 bits per heavy atom. The number of fused-ring (bicyclic) bond motifs is 4. The first-order chi connectivity index (χ1) is 43.4. The van der Waals surface area contributed by atoms with Crippen LogP contribution in [0, 0.1) is 0 Å². The predicted molar refractivity (Wildman–Crippen MR) is 350 cm³/mol. The Morgan fingerprint density at radius 2 is 1.12 bits per heavy atom. The highest BCUT2D eigenvalue weighted by molar-refractivity contribution is 7.85. The zero-order valence-corrected chi connectivity index (χ0v) is 57.6. The molecule has 0 aliphatic rings. The zero-order chi connectivity index (χ0) is 68.0. The van der Waals surface area contributed by atoms with E-state index in [1.165, 1.54) is 24.3 Å². The molecule has 8 heterocycles. The number of carbonyl (C=O) groups is 2. The van der Waals surface area contributed by atoms with E-state index in [0.29, 0.717) is 97.8 Å². The van der Waals surface area contributed by atoms with Crippen LogP contribution >= 0.6 is 0 Å². The number of carbonyl (C=O) groups excluding carboxylic acids is 2. The summed E-state index contributed by atoms with van der Waals surface area (Å²) in [5.41, 5.74) is 6.07. The van der Waals surface area contributed by atoms with Crippen LogP contribution in [0.25, 0.3) is 66.9 Å². The molecular weight excluding hydrogens is 1270 g/mol. The molecule has 0 saturated heterocycles. The van der Waals surface area contributed by atoms with Gasteiger partial charge in [0.05, 0.1) is 66.4 Å². The van der Waals surface area contributed by atoms with Crippen molar-refractivity contribution < 1.29 is 58.7 Å². The van der Waals surface area contributed by atoms with Crippen molar-refractivity contribution in [3.63, 3.8) is 0 Å². The summed E-state index contributed by atoms with van der Waals surface area (Å²) in [5.74, 6) is -0.583. The van der Waals surface area contributed by atoms with E-state index in [-0.39, 0.29) is 43.4 Å². The van der Waals surface area contributed by atoms with E-state index in [1.807, 2.05) is 54.8 Å². The Labute approximate surface area is 537 Å². The summed E-state index contributed by atoms with van der Waals surface area (Å²) in [4.78, 5) is 45.5. The third-order valence-electron chi connectivity index (χ3n) is 13.5. The Bertz CT molecular complexity index is 4370. The average molecular weight is 1350 g/mol. The predicted octanol–water partition coefficient (Wildman–Crippen LogP) is 11.0. The van der Waals surface area contributed by atoms with Crippen LogP contribution in [0.15, 0.2) is 86.0 Å². The molecule has 93 heavy (non-hydrogen) atoms. The highest BCUT2D eigenvalue weighted by Gasteiger charge is 2.27. The number of benzene rings is 2. The molecule has 10 rings (SSSR count). The second-order valence-electron chi connectivity index (χ2n) is 26.7. The van der Waals surface area contributed by atoms with Gasteiger partial charge >= 0.3 is 13.2 Å². The van der Waals surface area contributed by atoms with E-state index in [0.717, 1.165) is 29.5 Å². The summed E-state index contributed by atoms with van der Waals surface area (Å²) in [6.45, 7) is 21.3. The first-order valence-corrected chi connectivity index (χ1v) is 38.9. The van der Waals surface area contributed by atoms with Crippen LogP contribution in [0.4, 0.5) is 17.6 Å². The third-order valence-corrected chi connectivity index (χ3v) is 17.5. The molecule has 2 aromatic carbocycles. The molecule has 10 aromatic rings. The number of aromatic amines is 1. The number of H-pyrrole nitrogens is 1. The molecule has 0 bridgehead atoms. The summed E-state index contributed by atoms with van der Waals surface area (Å²) < 4.78 is 107. The normalized spacial score (nSPS) is 12.4. The Morgan fingerprint density at radius 1 is 0.645 bits per heavy atom. The van der Waals surface area contributed by atoms with Gasteiger partial charge in [-0.15, -0.1) is 0 Å². The van der Waals surface area contributed by atoms with E-state index >= 15 is 0 Å². The lowest BCUT2D eigenvalue weighted by Crippen LogP contribution is -2.40. The minimum Gasteiger partial charge on any atom is -0.435 e. The van der Waals surface area contributed by atoms with E-state index in [9.17, 15) is 35.6 Å². The number of rotatable bonds is 23. The van der Waals surface area contributed by atoms with E-state index in [2.05, 4.69) is 84.2 Å². The number of aromatic nitrogens is 14. The van der Waals surface area contributed by atoms with E-state index in [4.69, 9.17) is 34.3 Å². The van der Waals surface area contributed by atoms with Gasteiger partial charge in [0.1, 0.15) is 58.8 Å². The Kier molecular flexibility index (Phi) is 21.8. The zero-order valence-electron chi connectivity index (χ0n) is 54.8. The van der Waals surface area contributed by atoms with Gasteiger partial charge in [-0.2, -0.15) is 46.4 Å². The first-order valence-electron chi connectivity index (χ1n) is 29.7. The number of halogens is 4. The number of nitrogens with zero attached hydrogens (tertiary/aromatic N) is 13. The molecule has 25 nitrogen and oxygen atoms in total. The van der Waals surface area contributed by atoms with Crippen LogP contribution < -0.4 is 20.1 Å². The maximum absolute atomic E-state index is 13.4. The number of amides is 2. The van der Waals surface area contributed by atoms with Gasteiger partial charge in [0.25, 0.3) is 21.9 Å². The topological polar surface area (TPSA) is 282 Å². The highest BCUT2D eigenvalue weighted by atomic mass is 32.2. The fourth-order valence-corrected chi connectivity index (χ4v) is 11.1. The van der Waals surface area contributed by atoms with Gasteiger partial charge in [-0.05, 0) is 90.0 Å². The van der Waals surface area contributed by atoms with Gasteiger partial charge in [-0.25, -0.2) is 19.9 Å². The molecule has 3 N–H and O–H groups in total. The fourth-order valence-electron chi connectivity index (χ4n) is 9.22. The second-order valence-corrected chi connectivity index (χ2v) is 39.6. The lowest BCUT2D eigenvalue weighted by Gasteiger charge is -2.20. The molecule has 8 aromatic heterocycles. The van der Waals surface area contributed by atoms with Crippen LogP contribution in [0.2, 0.25) is 51.4 Å². The van der Waals surface area contributed by atoms with Crippen molar-refractivity contribution in [2.45, 2.75) is 144 Å². The second kappa shape index (κ2) is 28.8. The molecular formula is C61H80F4N16O9SSi2. The highest BCUT2D eigenvalue weighted by Crippen LogP contribution is 2.34. The van der Waals surface area contributed by atoms with Crippen LogP contribution in [0.1, 0.15) is 73.4 Å². The lowest BCUT2D eigenvalue weighted by molar-refractivity contribution is -0.0504. The summed E-state index contributed by atoms with van der Waals surface area (Å²) >= 11 is 0. The summed E-state index contributed by atoms with van der Waals surface area (Å²) in [5, 5.41) is 27.2. The Hall–Kier alpha value is -8.44. The summed E-state index contributed by atoms with van der Waals surface area (Å²) in [7, 11) is -2.30. The van der Waals surface area contributed by atoms with Crippen molar-refractivity contribution in [3.8, 4) is 34.3 Å². The van der Waals surface area contributed by atoms with Gasteiger partial charge in [0.2, 0.25) is 0 Å². The minimum absolute atomic E-state index is 0.00409. The maximum Gasteiger partial charge on any atom is 0.387 e. The van der Waals surface area contributed by atoms with Crippen molar-refractivity contribution in [3.05, 3.63) is 108 Å². The van der Waals surface area contributed by atoms with Crippen LogP contribution in [-0.4, -0.2) is 149 Å². The van der Waals surface area contributed by atoms with Crippen molar-refractivity contribution in [2.75, 3.05) is 19.5 Å². The number of nitrogens with one attached hydrogen (secondary N) is 3. The van der Waals surface area contributed by atoms with Crippen molar-refractivity contribution in [1.29, 1.82) is 0 Å². The van der Waals surface area contributed by atoms with Crippen LogP contribution in [0.3, 0.4) is 0 Å². The monoisotopic (exact) mass is 1340 g/mol. The Balaban J connectivity index is 0.000000205. The number of alkyl halides is 4. The molecule has 500 valence electrons. The smallest absolute Gasteiger partial charge is 0.387 e. The van der Waals surface area contributed by atoms with Crippen LogP contribution in [0.5, 0.6) is 11.5 Å². The quantitative estimate of drug-likeness (QED) is 0.0232. The van der Waals surface area contributed by atoms with Crippen LogP contribution in [-0.2, 0) is 64.5 Å². The first kappa shape index (κ1) is 70.4. The van der Waals surface area contributed by atoms with Crippen molar-refractivity contribution >= 4 is 82.2 Å². The van der Waals surface area contributed by atoms with Crippen molar-refractivity contribution in [2.24, 2.45) is 14.1 Å². The SMILES string of the molecule is CC(C)(C)NC(=O)c1cn(COCC[Si](C)(C)C)c2ncc(-c3n[nH]c4ccc(OC(F)F)cc34)nc12.Cn1cc(COS(C)(=O)=O)cn1.Cn1cc(Cn2nc(-c3cnc4c(n3)c(C(=O)NC(C)(C)C)cn4COCC[Si](C)(C)C)c3cc(OC(F)F)ccc32)cn1. The van der Waals surface area contributed by atoms with Gasteiger partial charge in [-0.3, -0.25) is 32.9 Å². The molecule has 0 radical (unpaired) electrons. The number of hydrogen-bond donors (Lipinski definition) is 3. The molecule has 0 saturated carbocycles. The maximum atomic E-state index is 13.4. The number of hydrogen-bond acceptors (Lipinski definition) is 17. The van der Waals surface area contributed by atoms with Gasteiger partial charge in [0.15, 0.2) is 11.3 Å². The molecule has 0 fully saturated rings. The number of aryl methyl sites for hydroxylation is 2. The average Bonchev–Trinajstić information content (AvgIpc) is 1.63. The van der Waals surface area contributed by atoms with Gasteiger partial charge < -0.3 is 38.7 Å². The lowest BCUT2D eigenvalue weighted by atomic mass is 10.1. The van der Waals surface area contributed by atoms with Crippen molar-refractivity contribution in [1.82, 2.24) is 79.2 Å². The van der Waals surface area contributed by atoms with Gasteiger partial charge in [0, 0.05) is 101 Å². The van der Waals surface area contributed by atoms with E-state index in [1.54, 1.807) is 85.7 Å². The van der Waals surface area contributed by atoms with Gasteiger partial charge in [-0.1, -0.05) is 39.3 Å². The molecule has 32 heteroatoms. The molecule has 2 amide bonds. The standard InChI is InChI=1S/C30H38F2N8O3Si.C25H32F2N6O3Si.C6H10N2O3S/c1-30(2,3)36-28(41)22-17-39(18-42-10-11-44(5,6)7)27-26(22)35-23(14-33-27)25-21-12-20(43-29(31)32)8-9-24(21)40(37-25)16-19-13-34-38(4)15-19;1-25(2,3)30-23(34)17-13-33(14-35-9-10-37(4,5)6)22-21(17)29-19(12-28-22)20-16-11-15(36-24(26)27)7-8-18(16)31-32-20;1-8-4-6(3-7-8)5-11-12(2,9)10/h8-9,12-15,17,29H,10-11,16,18H2,1-7H3,(H,36,41);7-8,11-13,24H,9-10,14H2,1-6H3,(H,30,34)(H,31,32);3-4H,5H2,1-2H3. The largest absolute Gasteiger partial charge is 0.435 e. The minimum atomic E-state index is -3.35. The van der Waals surface area contributed by atoms with E-state index < -0.39 is 50.6 Å². The molecule has 0 atom stereocenters. The summed E-state index contributed by atoms with van der Waals surface area (Å²) in [6, 6.07) is 11.2. The molecule has 0 aliphatic carbocycles. The molecule has 0 aliphatic heterocycles. The summed E-state index contributed by atoms with van der Waals surface area (Å²) in [6.07, 6.45) is 14.4. The molecule has 0 spiro atoms. The third kappa shape index (κ3) is 20.0. The molecule has 0 unspecified atom stereocenters. The fraction of sp³-hybridized carbons (Fsp3) is 0.443.